The van der Waals surface area contributed by atoms with Crippen LogP contribution in [0.5, 0.6) is 0 Å². The molecule has 9 heteroatoms. The lowest BCUT2D eigenvalue weighted by atomic mass is 9.96. The van der Waals surface area contributed by atoms with Crippen LogP contribution in [0.2, 0.25) is 0 Å². The van der Waals surface area contributed by atoms with Gasteiger partial charge < -0.3 is 19.9 Å². The summed E-state index contributed by atoms with van der Waals surface area (Å²) in [6.45, 7) is 9.41. The van der Waals surface area contributed by atoms with Crippen molar-refractivity contribution in [1.82, 2.24) is 19.9 Å². The number of aromatic nitrogens is 3. The molecule has 0 atom stereocenters. The zero-order valence-electron chi connectivity index (χ0n) is 20.6. The number of thiazole rings is 1. The topological polar surface area (TPSA) is 98.1 Å². The summed E-state index contributed by atoms with van der Waals surface area (Å²) >= 11 is 1.33. The fourth-order valence-electron chi connectivity index (χ4n) is 3.33. The maximum absolute atomic E-state index is 12.2. The molecule has 0 bridgehead atoms. The molecule has 3 aromatic rings. The predicted molar refractivity (Wildman–Crippen MR) is 137 cm³/mol. The second kappa shape index (κ2) is 14.3. The van der Waals surface area contributed by atoms with E-state index in [1.165, 1.54) is 11.3 Å². The Morgan fingerprint density at radius 1 is 1.09 bits per heavy atom. The van der Waals surface area contributed by atoms with E-state index in [1.807, 2.05) is 58.3 Å². The Labute approximate surface area is 205 Å². The molecule has 2 N–H and O–H groups in total. The van der Waals surface area contributed by atoms with Gasteiger partial charge in [0, 0.05) is 49.6 Å². The summed E-state index contributed by atoms with van der Waals surface area (Å²) in [5.74, 6) is -0.214. The van der Waals surface area contributed by atoms with Crippen molar-refractivity contribution in [1.29, 1.82) is 0 Å². The fraction of sp³-hybridized carbons (Fsp3) is 0.440. The molecule has 0 unspecified atom stereocenters. The highest BCUT2D eigenvalue weighted by Gasteiger charge is 2.18. The molecule has 0 saturated carbocycles. The number of carbonyl (C=O) groups is 2. The third kappa shape index (κ3) is 7.78. The van der Waals surface area contributed by atoms with E-state index in [-0.39, 0.29) is 18.4 Å². The molecule has 184 valence electrons. The zero-order valence-corrected chi connectivity index (χ0v) is 21.4. The molecule has 3 aromatic heterocycles. The predicted octanol–water partition coefficient (Wildman–Crippen LogP) is 4.86. The Morgan fingerprint density at radius 2 is 1.82 bits per heavy atom. The standard InChI is InChI=1S/C21H23N5O3S.2C2H6/c1-26-8-5-15(12-26)20(28)22-11-19(27)25-21-24-18(13-30-21)17-4-2-3-16(23-17)14-6-9-29-10-7-14;2*1-2/h2-5,8,12-14H,6-7,9-11H2,1H3,(H,22,28)(H,24,25,27);2*1-2H3. The number of aryl methyl sites for hydroxylation is 1. The number of amides is 2. The molecule has 1 fully saturated rings. The molecule has 0 radical (unpaired) electrons. The van der Waals surface area contributed by atoms with Gasteiger partial charge in [0.1, 0.15) is 5.69 Å². The number of rotatable bonds is 6. The van der Waals surface area contributed by atoms with Crippen LogP contribution in [0.15, 0.2) is 42.0 Å². The van der Waals surface area contributed by atoms with E-state index in [4.69, 9.17) is 9.72 Å². The monoisotopic (exact) mass is 485 g/mol. The van der Waals surface area contributed by atoms with Crippen LogP contribution in [-0.2, 0) is 16.6 Å². The van der Waals surface area contributed by atoms with Gasteiger partial charge in [0.25, 0.3) is 5.91 Å². The quantitative estimate of drug-likeness (QED) is 0.520. The third-order valence-corrected chi connectivity index (χ3v) is 5.68. The Kier molecular flexibility index (Phi) is 11.4. The number of ether oxygens (including phenoxy) is 1. The number of hydrogen-bond acceptors (Lipinski definition) is 6. The van der Waals surface area contributed by atoms with Crippen LogP contribution in [0, 0.1) is 0 Å². The minimum Gasteiger partial charge on any atom is -0.381 e. The molecular formula is C25H35N5O3S. The first-order chi connectivity index (χ1) is 16.6. The van der Waals surface area contributed by atoms with Crippen molar-refractivity contribution < 1.29 is 14.3 Å². The number of anilines is 1. The third-order valence-electron chi connectivity index (χ3n) is 4.93. The van der Waals surface area contributed by atoms with Crippen molar-refractivity contribution in [3.8, 4) is 11.4 Å². The van der Waals surface area contributed by atoms with E-state index in [1.54, 1.807) is 23.0 Å². The lowest BCUT2D eigenvalue weighted by molar-refractivity contribution is -0.115. The molecular weight excluding hydrogens is 450 g/mol. The second-order valence-electron chi connectivity index (χ2n) is 7.17. The SMILES string of the molecule is CC.CC.Cn1ccc(C(=O)NCC(=O)Nc2nc(-c3cccc(C4CCOCC4)n3)cs2)c1. The molecule has 34 heavy (non-hydrogen) atoms. The van der Waals surface area contributed by atoms with E-state index < -0.39 is 0 Å². The summed E-state index contributed by atoms with van der Waals surface area (Å²) in [5, 5.41) is 7.67. The number of nitrogens with zero attached hydrogens (tertiary/aromatic N) is 3. The van der Waals surface area contributed by atoms with Crippen molar-refractivity contribution in [2.75, 3.05) is 25.1 Å². The summed E-state index contributed by atoms with van der Waals surface area (Å²) in [6.07, 6.45) is 5.42. The first-order valence-corrected chi connectivity index (χ1v) is 12.7. The Hall–Kier alpha value is -3.04. The highest BCUT2D eigenvalue weighted by atomic mass is 32.1. The van der Waals surface area contributed by atoms with Gasteiger partial charge in [0.15, 0.2) is 5.13 Å². The summed E-state index contributed by atoms with van der Waals surface area (Å²) in [5.41, 5.74) is 3.07. The molecule has 1 aliphatic rings. The molecule has 4 heterocycles. The van der Waals surface area contributed by atoms with Crippen LogP contribution in [0.3, 0.4) is 0 Å². The molecule has 1 saturated heterocycles. The van der Waals surface area contributed by atoms with Crippen molar-refractivity contribution in [2.24, 2.45) is 7.05 Å². The summed E-state index contributed by atoms with van der Waals surface area (Å²) in [7, 11) is 1.83. The first kappa shape index (κ1) is 27.2. The van der Waals surface area contributed by atoms with Gasteiger partial charge in [-0.15, -0.1) is 11.3 Å². The van der Waals surface area contributed by atoms with Crippen LogP contribution in [-0.4, -0.2) is 46.1 Å². The normalized spacial score (nSPS) is 13.1. The maximum Gasteiger partial charge on any atom is 0.253 e. The minimum atomic E-state index is -0.330. The highest BCUT2D eigenvalue weighted by Crippen LogP contribution is 2.28. The first-order valence-electron chi connectivity index (χ1n) is 11.8. The summed E-state index contributed by atoms with van der Waals surface area (Å²) in [4.78, 5) is 33.5. The smallest absolute Gasteiger partial charge is 0.253 e. The maximum atomic E-state index is 12.2. The number of nitrogens with one attached hydrogen (secondary N) is 2. The lowest BCUT2D eigenvalue weighted by Gasteiger charge is -2.21. The molecule has 0 aromatic carbocycles. The van der Waals surface area contributed by atoms with E-state index in [9.17, 15) is 9.59 Å². The molecule has 4 rings (SSSR count). The number of carbonyl (C=O) groups excluding carboxylic acids is 2. The highest BCUT2D eigenvalue weighted by molar-refractivity contribution is 7.14. The van der Waals surface area contributed by atoms with Gasteiger partial charge in [-0.25, -0.2) is 4.98 Å². The molecule has 0 aliphatic carbocycles. The van der Waals surface area contributed by atoms with Crippen LogP contribution in [0.25, 0.3) is 11.4 Å². The van der Waals surface area contributed by atoms with E-state index in [0.29, 0.717) is 16.6 Å². The molecule has 0 spiro atoms. The van der Waals surface area contributed by atoms with Gasteiger partial charge in [-0.05, 0) is 31.0 Å². The van der Waals surface area contributed by atoms with E-state index in [2.05, 4.69) is 15.6 Å². The number of pyridine rings is 1. The molecule has 8 nitrogen and oxygen atoms in total. The Balaban J connectivity index is 0.000000970. The van der Waals surface area contributed by atoms with Gasteiger partial charge in [-0.1, -0.05) is 33.8 Å². The van der Waals surface area contributed by atoms with Gasteiger partial charge in [0.2, 0.25) is 5.91 Å². The van der Waals surface area contributed by atoms with Crippen molar-refractivity contribution in [3.05, 3.63) is 53.3 Å². The second-order valence-corrected chi connectivity index (χ2v) is 8.03. The van der Waals surface area contributed by atoms with Crippen molar-refractivity contribution >= 4 is 28.3 Å². The average molecular weight is 486 g/mol. The van der Waals surface area contributed by atoms with Crippen LogP contribution >= 0.6 is 11.3 Å². The zero-order chi connectivity index (χ0) is 24.9. The Bertz CT molecular complexity index is 1040. The van der Waals surface area contributed by atoms with Crippen molar-refractivity contribution in [3.63, 3.8) is 0 Å². The molecule has 1 aliphatic heterocycles. The minimum absolute atomic E-state index is 0.125. The average Bonchev–Trinajstić information content (AvgIpc) is 3.55. The lowest BCUT2D eigenvalue weighted by Crippen LogP contribution is -2.32. The van der Waals surface area contributed by atoms with Gasteiger partial charge >= 0.3 is 0 Å². The van der Waals surface area contributed by atoms with Crippen LogP contribution < -0.4 is 10.6 Å². The summed E-state index contributed by atoms with van der Waals surface area (Å²) in [6, 6.07) is 7.65. The van der Waals surface area contributed by atoms with E-state index in [0.717, 1.165) is 43.1 Å². The fourth-order valence-corrected chi connectivity index (χ4v) is 4.05. The molecule has 2 amide bonds. The van der Waals surface area contributed by atoms with Gasteiger partial charge in [-0.3, -0.25) is 14.6 Å². The largest absolute Gasteiger partial charge is 0.381 e. The summed E-state index contributed by atoms with van der Waals surface area (Å²) < 4.78 is 7.21. The van der Waals surface area contributed by atoms with Gasteiger partial charge in [-0.2, -0.15) is 0 Å². The van der Waals surface area contributed by atoms with E-state index >= 15 is 0 Å². The van der Waals surface area contributed by atoms with Crippen molar-refractivity contribution in [2.45, 2.75) is 46.5 Å². The van der Waals surface area contributed by atoms with Crippen LogP contribution in [0.4, 0.5) is 5.13 Å². The number of hydrogen-bond donors (Lipinski definition) is 2. The van der Waals surface area contributed by atoms with Gasteiger partial charge in [0.05, 0.1) is 17.8 Å². The Morgan fingerprint density at radius 3 is 2.50 bits per heavy atom. The van der Waals surface area contributed by atoms with Crippen LogP contribution in [0.1, 0.15) is 62.5 Å².